The average molecular weight is 463 g/mol. The molecule has 0 amide bonds. The number of benzene rings is 4. The highest BCUT2D eigenvalue weighted by atomic mass is 35.5. The van der Waals surface area contributed by atoms with Crippen molar-refractivity contribution >= 4 is 23.0 Å². The lowest BCUT2D eigenvalue weighted by Gasteiger charge is -2.27. The van der Waals surface area contributed by atoms with Gasteiger partial charge in [-0.05, 0) is 77.9 Å². The van der Waals surface area contributed by atoms with E-state index in [9.17, 15) is 0 Å². The van der Waals surface area contributed by atoms with E-state index in [1.807, 2.05) is 66.7 Å². The second-order valence-electron chi connectivity index (χ2n) is 7.95. The summed E-state index contributed by atoms with van der Waals surface area (Å²) in [5.41, 5.74) is 9.94. The molecule has 166 valence electrons. The number of halogens is 1. The number of nitrogens with one attached hydrogen (secondary N) is 1. The Hall–Kier alpha value is -4.13. The molecule has 1 heterocycles. The van der Waals surface area contributed by atoms with Crippen molar-refractivity contribution < 1.29 is 4.74 Å². The highest BCUT2D eigenvalue weighted by Gasteiger charge is 2.27. The molecule has 34 heavy (non-hydrogen) atoms. The van der Waals surface area contributed by atoms with E-state index in [-0.39, 0.29) is 6.04 Å². The molecule has 0 spiro atoms. The van der Waals surface area contributed by atoms with Gasteiger partial charge in [0.15, 0.2) is 0 Å². The fourth-order valence-corrected chi connectivity index (χ4v) is 4.03. The predicted molar refractivity (Wildman–Crippen MR) is 140 cm³/mol. The number of hydrogen-bond donors (Lipinski definition) is 1. The fraction of sp³-hybridized carbons (Fsp3) is 0.0667. The molecule has 4 aromatic carbocycles. The van der Waals surface area contributed by atoms with E-state index >= 15 is 0 Å². The molecule has 0 fully saturated rings. The first kappa shape index (κ1) is 21.7. The van der Waals surface area contributed by atoms with Gasteiger partial charge in [-0.2, -0.15) is 0 Å². The maximum Gasteiger partial charge on any atom is 0.118 e. The molecule has 4 heteroatoms. The van der Waals surface area contributed by atoms with Crippen molar-refractivity contribution in [2.75, 3.05) is 12.1 Å². The summed E-state index contributed by atoms with van der Waals surface area (Å²) in [6.45, 7) is 0. The number of anilines is 1. The lowest BCUT2D eigenvalue weighted by molar-refractivity contribution is 0.414. The molecule has 0 aromatic heterocycles. The summed E-state index contributed by atoms with van der Waals surface area (Å²) in [5, 5.41) is 2.90. The minimum atomic E-state index is 0.0488. The van der Waals surface area contributed by atoms with E-state index in [0.717, 1.165) is 33.8 Å². The van der Waals surface area contributed by atoms with Gasteiger partial charge < -0.3 is 4.74 Å². The predicted octanol–water partition coefficient (Wildman–Crippen LogP) is 6.86. The highest BCUT2D eigenvalue weighted by Crippen LogP contribution is 2.35. The third-order valence-electron chi connectivity index (χ3n) is 5.73. The summed E-state index contributed by atoms with van der Waals surface area (Å²) >= 11 is 5.95. The molecule has 1 aliphatic heterocycles. The monoisotopic (exact) mass is 462 g/mol. The van der Waals surface area contributed by atoms with Crippen LogP contribution in [0.25, 0.3) is 5.70 Å². The van der Waals surface area contributed by atoms with E-state index in [2.05, 4.69) is 64.7 Å². The molecule has 0 aliphatic carbocycles. The second kappa shape index (κ2) is 9.79. The van der Waals surface area contributed by atoms with Crippen LogP contribution < -0.4 is 15.2 Å². The Morgan fingerprint density at radius 2 is 1.38 bits per heavy atom. The molecule has 4 aromatic rings. The summed E-state index contributed by atoms with van der Waals surface area (Å²) in [4.78, 5) is 0. The van der Waals surface area contributed by atoms with Crippen LogP contribution in [-0.2, 0) is 0 Å². The maximum atomic E-state index is 5.95. The van der Waals surface area contributed by atoms with Crippen LogP contribution >= 0.6 is 11.6 Å². The summed E-state index contributed by atoms with van der Waals surface area (Å²) in [6.07, 6.45) is 2.25. The van der Waals surface area contributed by atoms with Gasteiger partial charge in [0, 0.05) is 16.1 Å². The maximum absolute atomic E-state index is 5.95. The molecular formula is C30H23ClN2O. The molecular weight excluding hydrogens is 440 g/mol. The molecule has 1 N–H and O–H groups in total. The van der Waals surface area contributed by atoms with Crippen molar-refractivity contribution in [1.82, 2.24) is 5.43 Å². The summed E-state index contributed by atoms with van der Waals surface area (Å²) in [6, 6.07) is 34.5. The Morgan fingerprint density at radius 3 is 2.00 bits per heavy atom. The van der Waals surface area contributed by atoms with Crippen molar-refractivity contribution in [2.24, 2.45) is 0 Å². The van der Waals surface area contributed by atoms with Gasteiger partial charge in [0.2, 0.25) is 0 Å². The number of hydrogen-bond acceptors (Lipinski definition) is 3. The third kappa shape index (κ3) is 4.78. The topological polar surface area (TPSA) is 24.5 Å². The quantitative estimate of drug-likeness (QED) is 0.335. The van der Waals surface area contributed by atoms with Gasteiger partial charge in [-0.1, -0.05) is 65.9 Å². The van der Waals surface area contributed by atoms with Gasteiger partial charge >= 0.3 is 0 Å². The van der Waals surface area contributed by atoms with Gasteiger partial charge in [-0.25, -0.2) is 0 Å². The Bertz CT molecular complexity index is 1350. The largest absolute Gasteiger partial charge is 0.497 e. The zero-order valence-corrected chi connectivity index (χ0v) is 19.5. The molecule has 0 bridgehead atoms. The van der Waals surface area contributed by atoms with Crippen molar-refractivity contribution in [2.45, 2.75) is 6.04 Å². The number of rotatable bonds is 4. The van der Waals surface area contributed by atoms with Crippen LogP contribution in [0.3, 0.4) is 0 Å². The molecule has 1 aliphatic rings. The Kier molecular flexibility index (Phi) is 6.25. The van der Waals surface area contributed by atoms with Crippen LogP contribution in [0.2, 0.25) is 5.02 Å². The lowest BCUT2D eigenvalue weighted by Crippen LogP contribution is -2.33. The summed E-state index contributed by atoms with van der Waals surface area (Å²) in [5.74, 6) is 7.26. The number of nitrogens with zero attached hydrogens (tertiary/aromatic N) is 1. The smallest absolute Gasteiger partial charge is 0.118 e. The van der Waals surface area contributed by atoms with Crippen molar-refractivity contribution in [1.29, 1.82) is 0 Å². The molecule has 0 radical (unpaired) electrons. The lowest BCUT2D eigenvalue weighted by atomic mass is 10.0. The average Bonchev–Trinajstić information content (AvgIpc) is 3.35. The molecule has 1 unspecified atom stereocenters. The number of para-hydroxylation sites is 1. The van der Waals surface area contributed by atoms with Crippen molar-refractivity contribution in [3.8, 4) is 17.6 Å². The Labute approximate surface area is 205 Å². The normalized spacial score (nSPS) is 14.6. The third-order valence-corrected chi connectivity index (χ3v) is 5.98. The van der Waals surface area contributed by atoms with E-state index in [1.165, 1.54) is 5.56 Å². The zero-order valence-electron chi connectivity index (χ0n) is 18.7. The minimum absolute atomic E-state index is 0.0488. The first-order valence-corrected chi connectivity index (χ1v) is 11.4. The number of methoxy groups -OCH3 is 1. The van der Waals surface area contributed by atoms with Gasteiger partial charge in [0.25, 0.3) is 0 Å². The highest BCUT2D eigenvalue weighted by molar-refractivity contribution is 6.30. The van der Waals surface area contributed by atoms with E-state index in [4.69, 9.17) is 16.3 Å². The number of hydrazine groups is 1. The first-order chi connectivity index (χ1) is 16.7. The van der Waals surface area contributed by atoms with E-state index in [1.54, 1.807) is 7.11 Å². The fourth-order valence-electron chi connectivity index (χ4n) is 3.90. The molecule has 3 nitrogen and oxygen atoms in total. The summed E-state index contributed by atoms with van der Waals surface area (Å²) in [7, 11) is 1.68. The Morgan fingerprint density at radius 1 is 0.765 bits per heavy atom. The molecule has 0 saturated heterocycles. The minimum Gasteiger partial charge on any atom is -0.497 e. The second-order valence-corrected chi connectivity index (χ2v) is 8.39. The SMILES string of the molecule is COc1ccc(C2C=C(c3ccc(C#Cc4ccc(Cl)cc4)cc3)NN2c2ccccc2)cc1. The molecule has 1 atom stereocenters. The molecule has 0 saturated carbocycles. The van der Waals surface area contributed by atoms with Crippen LogP contribution in [0.15, 0.2) is 109 Å². The van der Waals surface area contributed by atoms with Crippen LogP contribution in [-0.4, -0.2) is 7.11 Å². The van der Waals surface area contributed by atoms with Crippen LogP contribution in [0.4, 0.5) is 5.69 Å². The van der Waals surface area contributed by atoms with Gasteiger partial charge in [0.1, 0.15) is 5.75 Å². The van der Waals surface area contributed by atoms with Crippen LogP contribution in [0, 0.1) is 11.8 Å². The Balaban J connectivity index is 1.41. The zero-order chi connectivity index (χ0) is 23.3. The van der Waals surface area contributed by atoms with Gasteiger partial charge in [0.05, 0.1) is 24.5 Å². The van der Waals surface area contributed by atoms with Crippen molar-refractivity contribution in [3.63, 3.8) is 0 Å². The van der Waals surface area contributed by atoms with Crippen molar-refractivity contribution in [3.05, 3.63) is 136 Å². The van der Waals surface area contributed by atoms with Crippen LogP contribution in [0.1, 0.15) is 28.3 Å². The summed E-state index contributed by atoms with van der Waals surface area (Å²) < 4.78 is 5.34. The van der Waals surface area contributed by atoms with E-state index < -0.39 is 0 Å². The standard InChI is InChI=1S/C30H23ClN2O/c1-34-28-19-15-25(16-20-28)30-21-29(32-33(30)27-5-3-2-4-6-27)24-13-9-22(10-14-24)7-8-23-11-17-26(31)18-12-23/h2-6,9-21,30,32H,1H3. The van der Waals surface area contributed by atoms with Gasteiger partial charge in [-0.15, -0.1) is 0 Å². The molecule has 5 rings (SSSR count). The van der Waals surface area contributed by atoms with E-state index in [0.29, 0.717) is 5.02 Å². The van der Waals surface area contributed by atoms with Crippen LogP contribution in [0.5, 0.6) is 5.75 Å². The number of ether oxygens (including phenoxy) is 1. The van der Waals surface area contributed by atoms with Gasteiger partial charge in [-0.3, -0.25) is 10.4 Å². The first-order valence-electron chi connectivity index (χ1n) is 11.0.